The third-order valence-electron chi connectivity index (χ3n) is 12.3. The molecule has 1 heterocycles. The van der Waals surface area contributed by atoms with Crippen LogP contribution >= 0.6 is 11.6 Å². The fourth-order valence-corrected chi connectivity index (χ4v) is 8.65. The lowest BCUT2D eigenvalue weighted by molar-refractivity contribution is -0.925. The number of piperidine rings is 1. The molecule has 1 atom stereocenters. The third-order valence-corrected chi connectivity index (χ3v) is 13.2. The predicted octanol–water partition coefficient (Wildman–Crippen LogP) is 11.1. The van der Waals surface area contributed by atoms with Crippen LogP contribution in [0.5, 0.6) is 11.5 Å². The molecule has 1 unspecified atom stereocenters. The number of sulfonamides is 1. The van der Waals surface area contributed by atoms with Gasteiger partial charge in [0, 0.05) is 41.9 Å². The number of quaternary nitrogens is 1. The molecular formula is C52H80ClF6N6O6S+. The molecule has 2 amide bonds. The molecule has 0 aromatic heterocycles. The van der Waals surface area contributed by atoms with Crippen LogP contribution in [0.4, 0.5) is 32.0 Å². The molecule has 3 aromatic carbocycles. The Bertz CT molecular complexity index is 2090. The van der Waals surface area contributed by atoms with Gasteiger partial charge in [0.15, 0.2) is 13.2 Å². The second-order valence-electron chi connectivity index (χ2n) is 18.0. The molecule has 4 N–H and O–H groups in total. The number of alkyl halides is 6. The Morgan fingerprint density at radius 3 is 1.93 bits per heavy atom. The zero-order valence-electron chi connectivity index (χ0n) is 43.1. The van der Waals surface area contributed by atoms with Crippen molar-refractivity contribution in [3.63, 3.8) is 0 Å². The van der Waals surface area contributed by atoms with Crippen LogP contribution in [0, 0.1) is 0 Å². The van der Waals surface area contributed by atoms with Crippen LogP contribution in [-0.2, 0) is 16.4 Å². The van der Waals surface area contributed by atoms with E-state index in [1.54, 1.807) is 24.3 Å². The topological polar surface area (TPSA) is 138 Å². The average molecular weight is 1070 g/mol. The number of carbonyl (C=O) groups is 2. The summed E-state index contributed by atoms with van der Waals surface area (Å²) in [6, 6.07) is 17.6. The standard InChI is InChI=1S/C21H37ClN.C17H20F6N2O3.C14H23N3O3S/c1-4-7-8-9-11-18-23(5-2,6-3)19-12-10-13-20-14-16-21(22)17-15-20;18-16(19,20)9-27-12-4-5-14(28-10-17(21,22)23)13(7-12)15(26)25-8-11-3-1-2-6-24-11;1-4-17(5-2)11-10-15-14(18)12-6-8-13(9-7-12)16-21(3,19)20/h14-17H,4-13,18-19H2,1-3H3;4-5,7,11,24H,1-3,6,8-10H2,(H,25,26);6-9,16H,4-5,10-11H2,1-3H3,(H,15,18)/q+1;;. The number of halogens is 7. The molecular weight excluding hydrogens is 986 g/mol. The van der Waals surface area contributed by atoms with Gasteiger partial charge >= 0.3 is 12.4 Å². The molecule has 0 aliphatic carbocycles. The van der Waals surface area contributed by atoms with E-state index in [9.17, 15) is 44.3 Å². The number of ether oxygens (including phenoxy) is 2. The number of amides is 2. The molecule has 1 aliphatic heterocycles. The van der Waals surface area contributed by atoms with Gasteiger partial charge < -0.3 is 34.8 Å². The molecule has 1 fully saturated rings. The Balaban J connectivity index is 0.000000375. The number of rotatable bonds is 28. The Hall–Kier alpha value is -4.30. The number of anilines is 1. The summed E-state index contributed by atoms with van der Waals surface area (Å²) in [4.78, 5) is 26.6. The van der Waals surface area contributed by atoms with Gasteiger partial charge in [-0.3, -0.25) is 14.3 Å². The molecule has 0 spiro atoms. The van der Waals surface area contributed by atoms with Gasteiger partial charge in [0.1, 0.15) is 11.5 Å². The summed E-state index contributed by atoms with van der Waals surface area (Å²) in [6.07, 6.45) is 5.45. The van der Waals surface area contributed by atoms with Crippen LogP contribution in [-0.4, -0.2) is 133 Å². The van der Waals surface area contributed by atoms with Gasteiger partial charge in [-0.2, -0.15) is 26.3 Å². The van der Waals surface area contributed by atoms with Gasteiger partial charge in [-0.1, -0.05) is 70.2 Å². The number of aryl methyl sites for hydroxylation is 1. The van der Waals surface area contributed by atoms with Gasteiger partial charge in [0.2, 0.25) is 10.0 Å². The smallest absolute Gasteiger partial charge is 0.422 e. The van der Waals surface area contributed by atoms with Gasteiger partial charge in [0.25, 0.3) is 11.8 Å². The number of likely N-dealkylation sites (N-methyl/N-ethyl adjacent to an activating group) is 1. The van der Waals surface area contributed by atoms with Crippen molar-refractivity contribution in [1.82, 2.24) is 20.9 Å². The SMILES string of the molecule is CCCCCCC[N+](CC)(CC)CCCCc1ccc(Cl)cc1.CCN(CC)CCNC(=O)c1ccc(NS(C)(=O)=O)cc1.O=C(NCC1CCCCN1)c1cc(OCC(F)(F)F)ccc1OCC(F)(F)F. The van der Waals surface area contributed by atoms with Crippen molar-refractivity contribution in [3.8, 4) is 11.5 Å². The van der Waals surface area contributed by atoms with Crippen molar-refractivity contribution >= 4 is 39.1 Å². The summed E-state index contributed by atoms with van der Waals surface area (Å²) in [5.74, 6) is -1.63. The van der Waals surface area contributed by atoms with Crippen LogP contribution in [0.2, 0.25) is 5.02 Å². The maximum absolute atomic E-state index is 12.4. The van der Waals surface area contributed by atoms with E-state index in [4.69, 9.17) is 11.6 Å². The first-order valence-corrected chi connectivity index (χ1v) is 27.5. The zero-order chi connectivity index (χ0) is 53.6. The zero-order valence-corrected chi connectivity index (χ0v) is 44.7. The van der Waals surface area contributed by atoms with E-state index in [1.807, 2.05) is 12.1 Å². The highest BCUT2D eigenvalue weighted by Crippen LogP contribution is 2.28. The summed E-state index contributed by atoms with van der Waals surface area (Å²) in [5, 5.41) is 9.44. The first-order valence-electron chi connectivity index (χ1n) is 25.3. The largest absolute Gasteiger partial charge is 0.484 e. The molecule has 0 radical (unpaired) electrons. The lowest BCUT2D eigenvalue weighted by Gasteiger charge is -2.37. The first kappa shape index (κ1) is 63.8. The monoisotopic (exact) mass is 1070 g/mol. The minimum Gasteiger partial charge on any atom is -0.484 e. The van der Waals surface area contributed by atoms with Crippen LogP contribution < -0.4 is 30.1 Å². The number of nitrogens with zero attached hydrogens (tertiary/aromatic N) is 2. The highest BCUT2D eigenvalue weighted by Gasteiger charge is 2.31. The molecule has 12 nitrogen and oxygen atoms in total. The molecule has 4 rings (SSSR count). The van der Waals surface area contributed by atoms with Crippen LogP contribution in [0.25, 0.3) is 0 Å². The Labute approximate surface area is 429 Å². The van der Waals surface area contributed by atoms with Crippen LogP contribution in [0.1, 0.15) is 125 Å². The van der Waals surface area contributed by atoms with Crippen LogP contribution in [0.15, 0.2) is 66.7 Å². The Morgan fingerprint density at radius 1 is 0.764 bits per heavy atom. The Kier molecular flexibility index (Phi) is 29.7. The number of hydrogen-bond donors (Lipinski definition) is 4. The number of nitrogens with one attached hydrogen (secondary N) is 4. The maximum Gasteiger partial charge on any atom is 0.422 e. The molecule has 3 aromatic rings. The molecule has 0 saturated carbocycles. The van der Waals surface area contributed by atoms with Gasteiger partial charge in [-0.25, -0.2) is 8.42 Å². The second-order valence-corrected chi connectivity index (χ2v) is 20.2. The summed E-state index contributed by atoms with van der Waals surface area (Å²) in [6.45, 7) is 17.6. The molecule has 72 heavy (non-hydrogen) atoms. The summed E-state index contributed by atoms with van der Waals surface area (Å²) >= 11 is 5.95. The Morgan fingerprint density at radius 2 is 1.38 bits per heavy atom. The minimum atomic E-state index is -4.63. The van der Waals surface area contributed by atoms with Crippen molar-refractivity contribution in [3.05, 3.63) is 88.4 Å². The van der Waals surface area contributed by atoms with E-state index in [2.05, 4.69) is 81.8 Å². The van der Waals surface area contributed by atoms with E-state index in [-0.39, 0.29) is 29.8 Å². The number of benzene rings is 3. The number of hydrogen-bond acceptors (Lipinski definition) is 8. The fraction of sp³-hybridized carbons (Fsp3) is 0.615. The number of carbonyl (C=O) groups excluding carboxylic acids is 2. The highest BCUT2D eigenvalue weighted by atomic mass is 35.5. The van der Waals surface area contributed by atoms with E-state index in [0.29, 0.717) is 17.8 Å². The quantitative estimate of drug-likeness (QED) is 0.0320. The molecule has 0 bridgehead atoms. The number of unbranched alkanes of at least 4 members (excludes halogenated alkanes) is 5. The lowest BCUT2D eigenvalue weighted by Crippen LogP contribution is -2.49. The van der Waals surface area contributed by atoms with Crippen molar-refractivity contribution in [2.24, 2.45) is 0 Å². The predicted molar refractivity (Wildman–Crippen MR) is 277 cm³/mol. The molecule has 1 saturated heterocycles. The lowest BCUT2D eigenvalue weighted by atomic mass is 10.0. The summed E-state index contributed by atoms with van der Waals surface area (Å²) < 4.78 is 109. The van der Waals surface area contributed by atoms with Gasteiger partial charge in [-0.15, -0.1) is 0 Å². The summed E-state index contributed by atoms with van der Waals surface area (Å²) in [7, 11) is -3.30. The fourth-order valence-electron chi connectivity index (χ4n) is 7.96. The van der Waals surface area contributed by atoms with Gasteiger partial charge in [-0.05, 0) is 139 Å². The third kappa shape index (κ3) is 28.2. The van der Waals surface area contributed by atoms with E-state index < -0.39 is 47.2 Å². The van der Waals surface area contributed by atoms with E-state index >= 15 is 0 Å². The normalized spacial score (nSPS) is 14.1. The van der Waals surface area contributed by atoms with E-state index in [1.165, 1.54) is 87.6 Å². The molecule has 1 aliphatic rings. The van der Waals surface area contributed by atoms with Gasteiger partial charge in [0.05, 0.1) is 38.0 Å². The summed E-state index contributed by atoms with van der Waals surface area (Å²) in [5.41, 5.74) is 2.03. The first-order chi connectivity index (χ1) is 34.0. The van der Waals surface area contributed by atoms with Crippen molar-refractivity contribution in [2.75, 3.05) is 89.6 Å². The maximum atomic E-state index is 12.4. The van der Waals surface area contributed by atoms with E-state index in [0.717, 1.165) is 74.9 Å². The molecule has 20 heteroatoms. The minimum absolute atomic E-state index is 0.0157. The average Bonchev–Trinajstić information content (AvgIpc) is 3.34. The van der Waals surface area contributed by atoms with Crippen molar-refractivity contribution < 1.29 is 58.3 Å². The highest BCUT2D eigenvalue weighted by molar-refractivity contribution is 7.92. The second kappa shape index (κ2) is 33.5. The van der Waals surface area contributed by atoms with Crippen molar-refractivity contribution in [1.29, 1.82) is 0 Å². The van der Waals surface area contributed by atoms with Crippen LogP contribution in [0.3, 0.4) is 0 Å². The van der Waals surface area contributed by atoms with Crippen molar-refractivity contribution in [2.45, 2.75) is 124 Å². The molecule has 408 valence electrons.